The van der Waals surface area contributed by atoms with Gasteiger partial charge in [-0.05, 0) is 49.7 Å². The third-order valence-corrected chi connectivity index (χ3v) is 6.17. The van der Waals surface area contributed by atoms with E-state index in [1.54, 1.807) is 35.6 Å². The number of aromatic nitrogens is 1. The first-order chi connectivity index (χ1) is 14.1. The standard InChI is InChI=1S/C22H23N3O3S/c1-15(22-24-18-5-2-3-6-19(18)29-22)23-21(27)16-8-10-17(11-9-16)28-14-13-25-12-4-7-20(25)26/h2-3,5-6,8-11,15H,4,7,12-14H2,1H3,(H,23,27). The van der Waals surface area contributed by atoms with Crippen molar-refractivity contribution in [3.05, 3.63) is 59.1 Å². The van der Waals surface area contributed by atoms with Crippen molar-refractivity contribution in [1.29, 1.82) is 0 Å². The molecule has 1 N–H and O–H groups in total. The fourth-order valence-corrected chi connectivity index (χ4v) is 4.30. The van der Waals surface area contributed by atoms with Crippen molar-refractivity contribution in [1.82, 2.24) is 15.2 Å². The van der Waals surface area contributed by atoms with Crippen LogP contribution >= 0.6 is 11.3 Å². The molecule has 3 aromatic rings. The average Bonchev–Trinajstić information content (AvgIpc) is 3.34. The highest BCUT2D eigenvalue weighted by Gasteiger charge is 2.19. The Labute approximate surface area is 173 Å². The van der Waals surface area contributed by atoms with E-state index in [9.17, 15) is 9.59 Å². The lowest BCUT2D eigenvalue weighted by atomic mass is 10.2. The summed E-state index contributed by atoms with van der Waals surface area (Å²) in [6.07, 6.45) is 1.57. The number of amides is 2. The number of benzene rings is 2. The van der Waals surface area contributed by atoms with Gasteiger partial charge in [-0.25, -0.2) is 4.98 Å². The number of hydrogen-bond donors (Lipinski definition) is 1. The van der Waals surface area contributed by atoms with Gasteiger partial charge in [-0.3, -0.25) is 9.59 Å². The number of carbonyl (C=O) groups is 2. The molecule has 2 amide bonds. The maximum absolute atomic E-state index is 12.6. The van der Waals surface area contributed by atoms with Crippen molar-refractivity contribution in [2.45, 2.75) is 25.8 Å². The first kappa shape index (κ1) is 19.4. The smallest absolute Gasteiger partial charge is 0.251 e. The normalized spacial score (nSPS) is 14.9. The van der Waals surface area contributed by atoms with Crippen molar-refractivity contribution in [3.63, 3.8) is 0 Å². The van der Waals surface area contributed by atoms with Gasteiger partial charge in [0.15, 0.2) is 0 Å². The molecule has 0 bridgehead atoms. The van der Waals surface area contributed by atoms with E-state index in [4.69, 9.17) is 4.74 Å². The Hall–Kier alpha value is -2.93. The SMILES string of the molecule is CC(NC(=O)c1ccc(OCCN2CCCC2=O)cc1)c1nc2ccccc2s1. The predicted molar refractivity (Wildman–Crippen MR) is 113 cm³/mol. The number of fused-ring (bicyclic) bond motifs is 1. The number of rotatable bonds is 7. The van der Waals surface area contributed by atoms with Crippen LogP contribution in [0.2, 0.25) is 0 Å². The minimum absolute atomic E-state index is 0.147. The molecule has 0 radical (unpaired) electrons. The Bertz CT molecular complexity index is 983. The summed E-state index contributed by atoms with van der Waals surface area (Å²) < 4.78 is 6.81. The molecule has 1 atom stereocenters. The first-order valence-corrected chi connectivity index (χ1v) is 10.6. The summed E-state index contributed by atoms with van der Waals surface area (Å²) in [6.45, 7) is 3.80. The fourth-order valence-electron chi connectivity index (χ4n) is 3.33. The first-order valence-electron chi connectivity index (χ1n) is 9.77. The van der Waals surface area contributed by atoms with Gasteiger partial charge in [0.1, 0.15) is 17.4 Å². The summed E-state index contributed by atoms with van der Waals surface area (Å²) in [6, 6.07) is 14.8. The molecule has 29 heavy (non-hydrogen) atoms. The maximum atomic E-state index is 12.6. The molecule has 1 fully saturated rings. The molecule has 7 heteroatoms. The van der Waals surface area contributed by atoms with Crippen LogP contribution in [0.3, 0.4) is 0 Å². The van der Waals surface area contributed by atoms with E-state index in [0.717, 1.165) is 28.2 Å². The summed E-state index contributed by atoms with van der Waals surface area (Å²) in [5, 5.41) is 3.89. The number of carbonyl (C=O) groups excluding carboxylic acids is 2. The molecule has 1 saturated heterocycles. The van der Waals surface area contributed by atoms with Crippen molar-refractivity contribution >= 4 is 33.4 Å². The zero-order valence-electron chi connectivity index (χ0n) is 16.3. The van der Waals surface area contributed by atoms with E-state index in [1.165, 1.54) is 0 Å². The lowest BCUT2D eigenvalue weighted by Crippen LogP contribution is -2.29. The molecule has 2 aromatic carbocycles. The summed E-state index contributed by atoms with van der Waals surface area (Å²) in [5.41, 5.74) is 1.52. The molecule has 0 aliphatic carbocycles. The van der Waals surface area contributed by atoms with Gasteiger partial charge in [-0.1, -0.05) is 12.1 Å². The minimum atomic E-state index is -0.172. The fraction of sp³-hybridized carbons (Fsp3) is 0.318. The number of nitrogens with zero attached hydrogens (tertiary/aromatic N) is 2. The zero-order valence-corrected chi connectivity index (χ0v) is 17.1. The molecule has 1 aromatic heterocycles. The molecule has 1 aliphatic heterocycles. The van der Waals surface area contributed by atoms with Crippen LogP contribution in [0.25, 0.3) is 10.2 Å². The summed E-state index contributed by atoms with van der Waals surface area (Å²) >= 11 is 1.59. The van der Waals surface area contributed by atoms with Crippen LogP contribution in [-0.4, -0.2) is 41.4 Å². The highest BCUT2D eigenvalue weighted by Crippen LogP contribution is 2.26. The van der Waals surface area contributed by atoms with Crippen molar-refractivity contribution in [3.8, 4) is 5.75 Å². The summed E-state index contributed by atoms with van der Waals surface area (Å²) in [5.74, 6) is 0.737. The average molecular weight is 410 g/mol. The second-order valence-electron chi connectivity index (χ2n) is 7.07. The monoisotopic (exact) mass is 409 g/mol. The molecule has 150 valence electrons. The van der Waals surface area contributed by atoms with E-state index >= 15 is 0 Å². The Morgan fingerprint density at radius 2 is 2.03 bits per heavy atom. The minimum Gasteiger partial charge on any atom is -0.492 e. The third-order valence-electron chi connectivity index (χ3n) is 4.95. The second kappa shape index (κ2) is 8.61. The number of para-hydroxylation sites is 1. The van der Waals surface area contributed by atoms with E-state index in [-0.39, 0.29) is 17.9 Å². The quantitative estimate of drug-likeness (QED) is 0.645. The second-order valence-corrected chi connectivity index (χ2v) is 8.13. The molecular formula is C22H23N3O3S. The van der Waals surface area contributed by atoms with Gasteiger partial charge in [-0.15, -0.1) is 11.3 Å². The van der Waals surface area contributed by atoms with Crippen LogP contribution in [0.4, 0.5) is 0 Å². The Kier molecular flexibility index (Phi) is 5.76. The van der Waals surface area contributed by atoms with Crippen LogP contribution in [0.1, 0.15) is 41.2 Å². The van der Waals surface area contributed by atoms with Gasteiger partial charge < -0.3 is 15.0 Å². The number of thiazole rings is 1. The van der Waals surface area contributed by atoms with Crippen LogP contribution < -0.4 is 10.1 Å². The van der Waals surface area contributed by atoms with Crippen molar-refractivity contribution in [2.24, 2.45) is 0 Å². The number of ether oxygens (including phenoxy) is 1. The number of likely N-dealkylation sites (tertiary alicyclic amines) is 1. The van der Waals surface area contributed by atoms with Crippen LogP contribution in [0.15, 0.2) is 48.5 Å². The van der Waals surface area contributed by atoms with Gasteiger partial charge in [0.05, 0.1) is 22.8 Å². The van der Waals surface area contributed by atoms with Gasteiger partial charge in [-0.2, -0.15) is 0 Å². The highest BCUT2D eigenvalue weighted by atomic mass is 32.1. The molecule has 2 heterocycles. The Balaban J connectivity index is 1.31. The largest absolute Gasteiger partial charge is 0.492 e. The number of nitrogens with one attached hydrogen (secondary N) is 1. The molecule has 4 rings (SSSR count). The molecule has 1 unspecified atom stereocenters. The zero-order chi connectivity index (χ0) is 20.2. The lowest BCUT2D eigenvalue weighted by molar-refractivity contribution is -0.128. The van der Waals surface area contributed by atoms with Gasteiger partial charge in [0.2, 0.25) is 5.91 Å². The van der Waals surface area contributed by atoms with Gasteiger partial charge >= 0.3 is 0 Å². The van der Waals surface area contributed by atoms with Crippen LogP contribution in [0, 0.1) is 0 Å². The molecule has 1 aliphatic rings. The number of hydrogen-bond acceptors (Lipinski definition) is 5. The van der Waals surface area contributed by atoms with E-state index < -0.39 is 0 Å². The summed E-state index contributed by atoms with van der Waals surface area (Å²) in [7, 11) is 0. The summed E-state index contributed by atoms with van der Waals surface area (Å²) in [4.78, 5) is 30.6. The van der Waals surface area contributed by atoms with Gasteiger partial charge in [0.25, 0.3) is 5.91 Å². The topological polar surface area (TPSA) is 71.5 Å². The van der Waals surface area contributed by atoms with Crippen molar-refractivity contribution < 1.29 is 14.3 Å². The lowest BCUT2D eigenvalue weighted by Gasteiger charge is -2.16. The predicted octanol–water partition coefficient (Wildman–Crippen LogP) is 3.79. The van der Waals surface area contributed by atoms with E-state index in [2.05, 4.69) is 10.3 Å². The van der Waals surface area contributed by atoms with Crippen LogP contribution in [-0.2, 0) is 4.79 Å². The molecule has 0 spiro atoms. The third kappa shape index (κ3) is 4.56. The van der Waals surface area contributed by atoms with Crippen molar-refractivity contribution in [2.75, 3.05) is 19.7 Å². The maximum Gasteiger partial charge on any atom is 0.251 e. The Morgan fingerprint density at radius 1 is 1.24 bits per heavy atom. The molecule has 0 saturated carbocycles. The Morgan fingerprint density at radius 3 is 2.76 bits per heavy atom. The van der Waals surface area contributed by atoms with Gasteiger partial charge in [0, 0.05) is 18.5 Å². The molecular weight excluding hydrogens is 386 g/mol. The van der Waals surface area contributed by atoms with E-state index in [1.807, 2.05) is 36.1 Å². The molecule has 6 nitrogen and oxygen atoms in total. The highest BCUT2D eigenvalue weighted by molar-refractivity contribution is 7.18. The van der Waals surface area contributed by atoms with Crippen LogP contribution in [0.5, 0.6) is 5.75 Å². The van der Waals surface area contributed by atoms with E-state index in [0.29, 0.717) is 30.9 Å².